The minimum absolute atomic E-state index is 0.0151. The summed E-state index contributed by atoms with van der Waals surface area (Å²) in [6.07, 6.45) is 2.30. The van der Waals surface area contributed by atoms with Crippen molar-refractivity contribution in [3.8, 4) is 11.1 Å². The number of carboxylic acids is 1. The predicted molar refractivity (Wildman–Crippen MR) is 127 cm³/mol. The first-order chi connectivity index (χ1) is 16.9. The van der Waals surface area contributed by atoms with Gasteiger partial charge in [0.1, 0.15) is 6.61 Å². The van der Waals surface area contributed by atoms with Gasteiger partial charge >= 0.3 is 12.1 Å². The van der Waals surface area contributed by atoms with E-state index in [1.165, 1.54) is 23.9 Å². The smallest absolute Gasteiger partial charge is 0.407 e. The molecule has 3 N–H and O–H groups in total. The lowest BCUT2D eigenvalue weighted by molar-refractivity contribution is -0.132. The summed E-state index contributed by atoms with van der Waals surface area (Å²) in [5, 5.41) is 21.7. The molecular formula is C25H25N5O5. The van der Waals surface area contributed by atoms with Gasteiger partial charge in [-0.2, -0.15) is 0 Å². The number of carbonyl (C=O) groups excluding carboxylic acids is 2. The summed E-state index contributed by atoms with van der Waals surface area (Å²) in [5.74, 6) is -1.54. The van der Waals surface area contributed by atoms with Crippen LogP contribution in [-0.4, -0.2) is 57.8 Å². The number of aliphatic carboxylic acids is 1. The molecule has 0 saturated carbocycles. The first kappa shape index (κ1) is 23.7. The number of carboxylic acid groups (broad SMARTS) is 1. The molecule has 0 radical (unpaired) electrons. The minimum Gasteiger partial charge on any atom is -0.478 e. The normalized spacial score (nSPS) is 12.5. The van der Waals surface area contributed by atoms with Crippen molar-refractivity contribution in [2.24, 2.45) is 0 Å². The highest BCUT2D eigenvalue weighted by Gasteiger charge is 2.28. The van der Waals surface area contributed by atoms with Crippen LogP contribution in [0.25, 0.3) is 11.1 Å². The zero-order valence-corrected chi connectivity index (χ0v) is 19.1. The van der Waals surface area contributed by atoms with Gasteiger partial charge in [-0.1, -0.05) is 59.8 Å². The van der Waals surface area contributed by atoms with E-state index in [9.17, 15) is 14.4 Å². The number of hydrogen-bond acceptors (Lipinski definition) is 6. The van der Waals surface area contributed by atoms with Gasteiger partial charge < -0.3 is 20.5 Å². The van der Waals surface area contributed by atoms with E-state index in [0.717, 1.165) is 22.3 Å². The molecule has 10 heteroatoms. The van der Waals surface area contributed by atoms with E-state index in [2.05, 4.69) is 45.2 Å². The molecule has 4 rings (SSSR count). The van der Waals surface area contributed by atoms with E-state index < -0.39 is 18.0 Å². The Morgan fingerprint density at radius 2 is 1.71 bits per heavy atom. The number of carbonyl (C=O) groups is 3. The average Bonchev–Trinajstić information content (AvgIpc) is 3.45. The van der Waals surface area contributed by atoms with Crippen molar-refractivity contribution < 1.29 is 24.2 Å². The molecule has 1 aromatic heterocycles. The number of nitrogens with one attached hydrogen (secondary N) is 2. The van der Waals surface area contributed by atoms with Crippen molar-refractivity contribution in [2.75, 3.05) is 19.7 Å². The van der Waals surface area contributed by atoms with Gasteiger partial charge in [0.15, 0.2) is 5.69 Å². The maximum atomic E-state index is 12.3. The van der Waals surface area contributed by atoms with Crippen LogP contribution in [-0.2, 0) is 16.1 Å². The van der Waals surface area contributed by atoms with E-state index in [0.29, 0.717) is 6.54 Å². The number of ether oxygens (including phenoxy) is 1. The molecule has 2 amide bonds. The van der Waals surface area contributed by atoms with Gasteiger partial charge in [-0.15, -0.1) is 5.10 Å². The van der Waals surface area contributed by atoms with Gasteiger partial charge in [-0.3, -0.25) is 4.79 Å². The first-order valence-electron chi connectivity index (χ1n) is 11.1. The molecule has 3 aromatic rings. The van der Waals surface area contributed by atoms with Crippen molar-refractivity contribution >= 4 is 18.0 Å². The molecule has 1 heterocycles. The summed E-state index contributed by atoms with van der Waals surface area (Å²) in [6.45, 7) is 2.26. The number of fused-ring (bicyclic) bond motifs is 3. The highest BCUT2D eigenvalue weighted by molar-refractivity contribution is 5.92. The first-order valence-corrected chi connectivity index (χ1v) is 11.1. The summed E-state index contributed by atoms with van der Waals surface area (Å²) in [4.78, 5) is 35.1. The number of amides is 2. The Kier molecular flexibility index (Phi) is 7.20. The van der Waals surface area contributed by atoms with Gasteiger partial charge in [-0.25, -0.2) is 14.3 Å². The van der Waals surface area contributed by atoms with Crippen molar-refractivity contribution in [3.05, 3.63) is 83.2 Å². The molecule has 2 aromatic carbocycles. The second-order valence-electron chi connectivity index (χ2n) is 8.02. The molecule has 0 atom stereocenters. The molecule has 1 aliphatic rings. The van der Waals surface area contributed by atoms with Gasteiger partial charge in [0.05, 0.1) is 12.7 Å². The Hall–Kier alpha value is -4.47. The summed E-state index contributed by atoms with van der Waals surface area (Å²) < 4.78 is 6.92. The number of benzene rings is 2. The molecule has 35 heavy (non-hydrogen) atoms. The van der Waals surface area contributed by atoms with Crippen LogP contribution in [0.1, 0.15) is 34.5 Å². The van der Waals surface area contributed by atoms with E-state index in [1.807, 2.05) is 24.3 Å². The Bertz CT molecular complexity index is 1240. The van der Waals surface area contributed by atoms with E-state index >= 15 is 0 Å². The van der Waals surface area contributed by atoms with Crippen molar-refractivity contribution in [1.82, 2.24) is 25.6 Å². The average molecular weight is 476 g/mol. The van der Waals surface area contributed by atoms with Crippen LogP contribution in [0.3, 0.4) is 0 Å². The zero-order chi connectivity index (χ0) is 24.8. The number of alkyl carbamates (subject to hydrolysis) is 1. The fourth-order valence-corrected chi connectivity index (χ4v) is 3.91. The van der Waals surface area contributed by atoms with Crippen LogP contribution < -0.4 is 10.6 Å². The largest absolute Gasteiger partial charge is 0.478 e. The third-order valence-corrected chi connectivity index (χ3v) is 5.73. The van der Waals surface area contributed by atoms with Gasteiger partial charge in [0.25, 0.3) is 5.91 Å². The number of hydrogen-bond donors (Lipinski definition) is 3. The third-order valence-electron chi connectivity index (χ3n) is 5.73. The van der Waals surface area contributed by atoms with Crippen LogP contribution in [0.2, 0.25) is 0 Å². The molecule has 0 spiro atoms. The topological polar surface area (TPSA) is 135 Å². The number of aromatic nitrogens is 3. The summed E-state index contributed by atoms with van der Waals surface area (Å²) in [6, 6.07) is 16.2. The lowest BCUT2D eigenvalue weighted by Crippen LogP contribution is -2.29. The van der Waals surface area contributed by atoms with Crippen LogP contribution in [0.15, 0.2) is 66.4 Å². The monoisotopic (exact) mass is 475 g/mol. The zero-order valence-electron chi connectivity index (χ0n) is 19.1. The molecule has 0 bridgehead atoms. The van der Waals surface area contributed by atoms with Crippen molar-refractivity contribution in [3.63, 3.8) is 0 Å². The van der Waals surface area contributed by atoms with E-state index in [-0.39, 0.29) is 36.9 Å². The second-order valence-corrected chi connectivity index (χ2v) is 8.02. The van der Waals surface area contributed by atoms with Crippen LogP contribution in [0.5, 0.6) is 0 Å². The maximum absolute atomic E-state index is 12.3. The molecular weight excluding hydrogens is 450 g/mol. The number of rotatable bonds is 9. The molecule has 0 unspecified atom stereocenters. The summed E-state index contributed by atoms with van der Waals surface area (Å²) >= 11 is 0. The highest BCUT2D eigenvalue weighted by Crippen LogP contribution is 2.44. The Morgan fingerprint density at radius 3 is 2.37 bits per heavy atom. The van der Waals surface area contributed by atoms with Gasteiger partial charge in [0.2, 0.25) is 0 Å². The quantitative estimate of drug-likeness (QED) is 0.405. The van der Waals surface area contributed by atoms with Crippen LogP contribution in [0, 0.1) is 0 Å². The van der Waals surface area contributed by atoms with Gasteiger partial charge in [-0.05, 0) is 29.2 Å². The van der Waals surface area contributed by atoms with E-state index in [4.69, 9.17) is 9.84 Å². The SMILES string of the molecule is C/C(=C\CNC(=O)c1cn(CCNC(=O)OCC2c3ccccc3-c3ccccc32)nn1)C(=O)O. The Morgan fingerprint density at radius 1 is 1.06 bits per heavy atom. The Balaban J connectivity index is 1.23. The molecule has 180 valence electrons. The standard InChI is InChI=1S/C25H25N5O5/c1-16(24(32)33)10-11-26-23(31)22-14-30(29-28-22)13-12-27-25(34)35-15-21-19-8-4-2-6-17(19)18-7-3-5-9-20(18)21/h2-10,14,21H,11-13,15H2,1H3,(H,26,31)(H,27,34)(H,32,33)/b16-10+. The molecule has 1 aliphatic carbocycles. The molecule has 0 saturated heterocycles. The second kappa shape index (κ2) is 10.6. The van der Waals surface area contributed by atoms with Crippen molar-refractivity contribution in [1.29, 1.82) is 0 Å². The Labute approximate surface area is 201 Å². The van der Waals surface area contributed by atoms with Gasteiger partial charge in [0, 0.05) is 24.6 Å². The summed E-state index contributed by atoms with van der Waals surface area (Å²) in [7, 11) is 0. The highest BCUT2D eigenvalue weighted by atomic mass is 16.5. The fourth-order valence-electron chi connectivity index (χ4n) is 3.91. The predicted octanol–water partition coefficient (Wildman–Crippen LogP) is 2.58. The van der Waals surface area contributed by atoms with Crippen molar-refractivity contribution in [2.45, 2.75) is 19.4 Å². The fraction of sp³-hybridized carbons (Fsp3) is 0.240. The summed E-state index contributed by atoms with van der Waals surface area (Å²) in [5.41, 5.74) is 4.83. The minimum atomic E-state index is -1.05. The maximum Gasteiger partial charge on any atom is 0.407 e. The van der Waals surface area contributed by atoms with Crippen LogP contribution in [0.4, 0.5) is 4.79 Å². The van der Waals surface area contributed by atoms with E-state index in [1.54, 1.807) is 0 Å². The number of nitrogens with zero attached hydrogens (tertiary/aromatic N) is 3. The van der Waals surface area contributed by atoms with Crippen LogP contribution >= 0.6 is 0 Å². The molecule has 0 aliphatic heterocycles. The lowest BCUT2D eigenvalue weighted by atomic mass is 9.98. The molecule has 0 fully saturated rings. The third kappa shape index (κ3) is 5.55. The molecule has 10 nitrogen and oxygen atoms in total. The lowest BCUT2D eigenvalue weighted by Gasteiger charge is -2.14.